The summed E-state index contributed by atoms with van der Waals surface area (Å²) < 4.78 is 14.7. The van der Waals surface area contributed by atoms with Crippen molar-refractivity contribution in [1.82, 2.24) is 18.9 Å². The fourth-order valence-corrected chi connectivity index (χ4v) is 3.82. The number of rotatable bonds is 2. The quantitative estimate of drug-likeness (QED) is 0.708. The molecule has 9 heteroatoms. The molecule has 9 nitrogen and oxygen atoms in total. The number of H-pyrrole nitrogens is 1. The monoisotopic (exact) mass is 369 g/mol. The highest BCUT2D eigenvalue weighted by Gasteiger charge is 2.39. The Morgan fingerprint density at radius 2 is 1.85 bits per heavy atom. The van der Waals surface area contributed by atoms with Crippen LogP contribution in [0.3, 0.4) is 0 Å². The number of aromatic amines is 1. The third kappa shape index (κ3) is 2.75. The summed E-state index contributed by atoms with van der Waals surface area (Å²) in [6, 6.07) is 5.31. The molecule has 1 spiro atoms. The van der Waals surface area contributed by atoms with Gasteiger partial charge in [-0.15, -0.1) is 0 Å². The largest absolute Gasteiger partial charge is 0.371 e. The maximum Gasteiger partial charge on any atom is 0.334 e. The summed E-state index contributed by atoms with van der Waals surface area (Å²) in [4.78, 5) is 32.3. The molecule has 2 aliphatic rings. The number of aromatic nitrogens is 4. The molecule has 0 radical (unpaired) electrons. The average molecular weight is 369 g/mol. The zero-order valence-electron chi connectivity index (χ0n) is 14.6. The van der Waals surface area contributed by atoms with Crippen molar-refractivity contribution in [2.75, 3.05) is 31.2 Å². The highest BCUT2D eigenvalue weighted by molar-refractivity contribution is 5.58. The number of anilines is 1. The van der Waals surface area contributed by atoms with Crippen LogP contribution in [0, 0.1) is 0 Å². The van der Waals surface area contributed by atoms with Crippen molar-refractivity contribution in [3.63, 3.8) is 0 Å². The predicted octanol–water partition coefficient (Wildman–Crippen LogP) is 0.517. The van der Waals surface area contributed by atoms with Crippen LogP contribution in [0.25, 0.3) is 11.5 Å². The van der Waals surface area contributed by atoms with Crippen molar-refractivity contribution >= 4 is 11.3 Å². The Bertz CT molecular complexity index is 1100. The smallest absolute Gasteiger partial charge is 0.334 e. The Hall–Kier alpha value is -2.91. The van der Waals surface area contributed by atoms with E-state index in [0.717, 1.165) is 37.3 Å². The molecule has 5 rings (SSSR count). The minimum absolute atomic E-state index is 0.396. The van der Waals surface area contributed by atoms with Crippen LogP contribution in [-0.4, -0.2) is 51.0 Å². The number of piperidine rings is 1. The van der Waals surface area contributed by atoms with E-state index in [-0.39, 0.29) is 0 Å². The molecule has 3 aromatic heterocycles. The molecule has 0 unspecified atom stereocenters. The van der Waals surface area contributed by atoms with Gasteiger partial charge in [-0.25, -0.2) is 9.78 Å². The summed E-state index contributed by atoms with van der Waals surface area (Å²) in [6.07, 6.45) is 6.63. The second-order valence-electron chi connectivity index (χ2n) is 6.80. The van der Waals surface area contributed by atoms with Crippen LogP contribution in [0.5, 0.6) is 0 Å². The number of hydrogen-bond donors (Lipinski definition) is 1. The minimum Gasteiger partial charge on any atom is -0.371 e. The first-order valence-electron chi connectivity index (χ1n) is 8.96. The summed E-state index contributed by atoms with van der Waals surface area (Å²) >= 11 is 0. The summed E-state index contributed by atoms with van der Waals surface area (Å²) in [5.41, 5.74) is 0.882. The molecule has 2 aliphatic heterocycles. The van der Waals surface area contributed by atoms with Crippen LogP contribution in [-0.2, 0) is 9.47 Å². The molecule has 2 saturated heterocycles. The zero-order valence-corrected chi connectivity index (χ0v) is 14.6. The van der Waals surface area contributed by atoms with Crippen LogP contribution in [0.1, 0.15) is 12.8 Å². The lowest BCUT2D eigenvalue weighted by Crippen LogP contribution is -2.45. The molecule has 27 heavy (non-hydrogen) atoms. The normalized spacial score (nSPS) is 19.2. The number of fused-ring (bicyclic) bond motifs is 1. The first kappa shape index (κ1) is 16.3. The number of pyridine rings is 1. The van der Waals surface area contributed by atoms with Crippen molar-refractivity contribution in [2.45, 2.75) is 18.6 Å². The Morgan fingerprint density at radius 1 is 1.07 bits per heavy atom. The van der Waals surface area contributed by atoms with Gasteiger partial charge in [0, 0.05) is 56.1 Å². The van der Waals surface area contributed by atoms with Gasteiger partial charge in [-0.05, 0) is 6.07 Å². The third-order valence-corrected chi connectivity index (χ3v) is 5.25. The first-order chi connectivity index (χ1) is 13.1. The van der Waals surface area contributed by atoms with Gasteiger partial charge in [-0.2, -0.15) is 0 Å². The van der Waals surface area contributed by atoms with E-state index in [1.807, 2.05) is 22.7 Å². The van der Waals surface area contributed by atoms with E-state index in [0.29, 0.717) is 19.0 Å². The van der Waals surface area contributed by atoms with E-state index in [1.165, 1.54) is 16.8 Å². The molecule has 0 bridgehead atoms. The molecule has 140 valence electrons. The fraction of sp³-hybridized carbons (Fsp3) is 0.389. The summed E-state index contributed by atoms with van der Waals surface area (Å²) in [7, 11) is 0. The molecule has 0 aliphatic carbocycles. The molecular weight excluding hydrogens is 350 g/mol. The second kappa shape index (κ2) is 6.07. The van der Waals surface area contributed by atoms with Crippen molar-refractivity contribution < 1.29 is 9.47 Å². The highest BCUT2D eigenvalue weighted by atomic mass is 16.7. The van der Waals surface area contributed by atoms with Crippen LogP contribution in [0.15, 0.2) is 46.4 Å². The maximum absolute atomic E-state index is 12.1. The SMILES string of the molecule is O=c1ccn(-c2cnc3cc(N4CCC5(CC4)OCCO5)ccn23)c(=O)[nH]1. The molecule has 2 fully saturated rings. The number of nitrogens with zero attached hydrogens (tertiary/aromatic N) is 4. The van der Waals surface area contributed by atoms with Crippen LogP contribution >= 0.6 is 0 Å². The number of nitrogens with one attached hydrogen (secondary N) is 1. The fourth-order valence-electron chi connectivity index (χ4n) is 3.82. The minimum atomic E-state index is -0.494. The number of ether oxygens (including phenoxy) is 2. The van der Waals surface area contributed by atoms with Gasteiger partial charge in [0.25, 0.3) is 5.56 Å². The van der Waals surface area contributed by atoms with Crippen LogP contribution in [0.4, 0.5) is 5.69 Å². The Balaban J connectivity index is 1.44. The third-order valence-electron chi connectivity index (χ3n) is 5.25. The molecular formula is C18H19N5O4. The first-order valence-corrected chi connectivity index (χ1v) is 8.96. The van der Waals surface area contributed by atoms with Crippen LogP contribution < -0.4 is 16.1 Å². The Kier molecular flexibility index (Phi) is 3.66. The van der Waals surface area contributed by atoms with Crippen molar-refractivity contribution in [3.05, 3.63) is 57.6 Å². The van der Waals surface area contributed by atoms with Gasteiger partial charge in [-0.1, -0.05) is 0 Å². The summed E-state index contributed by atoms with van der Waals surface area (Å²) in [5.74, 6) is 0.176. The van der Waals surface area contributed by atoms with Gasteiger partial charge in [-0.3, -0.25) is 18.7 Å². The van der Waals surface area contributed by atoms with Crippen molar-refractivity contribution in [3.8, 4) is 5.82 Å². The predicted molar refractivity (Wildman–Crippen MR) is 97.5 cm³/mol. The maximum atomic E-state index is 12.1. The van der Waals surface area contributed by atoms with Gasteiger partial charge >= 0.3 is 5.69 Å². The van der Waals surface area contributed by atoms with Gasteiger partial charge < -0.3 is 14.4 Å². The van der Waals surface area contributed by atoms with E-state index in [9.17, 15) is 9.59 Å². The lowest BCUT2D eigenvalue weighted by molar-refractivity contribution is -0.169. The topological polar surface area (TPSA) is 93.9 Å². The van der Waals surface area contributed by atoms with E-state index >= 15 is 0 Å². The lowest BCUT2D eigenvalue weighted by atomic mass is 10.0. The average Bonchev–Trinajstić information content (AvgIpc) is 3.29. The molecule has 0 atom stereocenters. The van der Waals surface area contributed by atoms with Crippen LogP contribution in [0.2, 0.25) is 0 Å². The van der Waals surface area contributed by atoms with E-state index < -0.39 is 17.0 Å². The molecule has 0 saturated carbocycles. The van der Waals surface area contributed by atoms with Gasteiger partial charge in [0.2, 0.25) is 0 Å². The lowest BCUT2D eigenvalue weighted by Gasteiger charge is -2.38. The molecule has 1 N–H and O–H groups in total. The zero-order chi connectivity index (χ0) is 18.4. The van der Waals surface area contributed by atoms with E-state index in [2.05, 4.69) is 14.9 Å². The number of imidazole rings is 1. The standard InChI is InChI=1S/C18H19N5O4/c24-15-2-6-23(17(25)20-15)16-12-19-14-11-13(1-5-22(14)16)21-7-3-18(4-8-21)26-9-10-27-18/h1-2,5-6,11-12H,3-4,7-10H2,(H,20,24,25). The van der Waals surface area contributed by atoms with Crippen molar-refractivity contribution in [1.29, 1.82) is 0 Å². The highest BCUT2D eigenvalue weighted by Crippen LogP contribution is 2.33. The summed E-state index contributed by atoms with van der Waals surface area (Å²) in [5, 5.41) is 0. The molecule has 0 amide bonds. The van der Waals surface area contributed by atoms with Crippen molar-refractivity contribution in [2.24, 2.45) is 0 Å². The molecule has 5 heterocycles. The van der Waals surface area contributed by atoms with Gasteiger partial charge in [0.15, 0.2) is 5.79 Å². The molecule has 0 aromatic carbocycles. The summed E-state index contributed by atoms with van der Waals surface area (Å²) in [6.45, 7) is 3.05. The Morgan fingerprint density at radius 3 is 2.59 bits per heavy atom. The van der Waals surface area contributed by atoms with E-state index in [4.69, 9.17) is 9.47 Å². The molecule has 3 aromatic rings. The van der Waals surface area contributed by atoms with E-state index in [1.54, 1.807) is 6.20 Å². The van der Waals surface area contributed by atoms with Gasteiger partial charge in [0.05, 0.1) is 19.4 Å². The second-order valence-corrected chi connectivity index (χ2v) is 6.80. The Labute approximate surface area is 153 Å². The van der Waals surface area contributed by atoms with Gasteiger partial charge in [0.1, 0.15) is 11.5 Å². The number of hydrogen-bond acceptors (Lipinski definition) is 6.